The van der Waals surface area contributed by atoms with Crippen LogP contribution in [0.3, 0.4) is 0 Å². The van der Waals surface area contributed by atoms with E-state index in [2.05, 4.69) is 42.4 Å². The van der Waals surface area contributed by atoms with Gasteiger partial charge in [0.15, 0.2) is 0 Å². The molecule has 1 aromatic carbocycles. The normalized spacial score (nSPS) is 16.7. The number of aliphatic hydroxyl groups excluding tert-OH is 1. The van der Waals surface area contributed by atoms with Gasteiger partial charge >= 0.3 is 0 Å². The standard InChI is InChI=1S/C20H28N4O2/c1-14-4-5-15(2)17(10-14)12-20(26)23-8-6-19(7-9-23)24-13-18(21-22-24)11-16(3)25/h4-5,10,13,16,19,25H,6-9,11-12H2,1-3H3. The van der Waals surface area contributed by atoms with E-state index in [0.29, 0.717) is 12.8 Å². The molecule has 0 spiro atoms. The van der Waals surface area contributed by atoms with Gasteiger partial charge in [0, 0.05) is 25.7 Å². The van der Waals surface area contributed by atoms with Crippen molar-refractivity contribution in [3.05, 3.63) is 46.8 Å². The Morgan fingerprint density at radius 1 is 1.31 bits per heavy atom. The zero-order chi connectivity index (χ0) is 18.7. The number of hydrogen-bond donors (Lipinski definition) is 1. The number of piperidine rings is 1. The van der Waals surface area contributed by atoms with Crippen molar-refractivity contribution < 1.29 is 9.90 Å². The largest absolute Gasteiger partial charge is 0.393 e. The van der Waals surface area contributed by atoms with Crippen LogP contribution in [0.1, 0.15) is 48.2 Å². The molecule has 1 aliphatic rings. The average Bonchev–Trinajstić information content (AvgIpc) is 3.06. The van der Waals surface area contributed by atoms with Crippen LogP contribution in [0, 0.1) is 13.8 Å². The molecular weight excluding hydrogens is 328 g/mol. The van der Waals surface area contributed by atoms with Crippen LogP contribution < -0.4 is 0 Å². The molecule has 1 fully saturated rings. The molecule has 0 radical (unpaired) electrons. The van der Waals surface area contributed by atoms with Crippen LogP contribution in [0.5, 0.6) is 0 Å². The Kier molecular flexibility index (Phi) is 5.71. The first-order chi connectivity index (χ1) is 12.4. The van der Waals surface area contributed by atoms with Crippen molar-refractivity contribution in [2.45, 2.75) is 58.6 Å². The highest BCUT2D eigenvalue weighted by molar-refractivity contribution is 5.79. The zero-order valence-electron chi connectivity index (χ0n) is 15.9. The Morgan fingerprint density at radius 2 is 2.04 bits per heavy atom. The van der Waals surface area contributed by atoms with Gasteiger partial charge in [-0.2, -0.15) is 0 Å². The Hall–Kier alpha value is -2.21. The monoisotopic (exact) mass is 356 g/mol. The Balaban J connectivity index is 1.55. The molecule has 1 aromatic heterocycles. The summed E-state index contributed by atoms with van der Waals surface area (Å²) in [4.78, 5) is 14.6. The maximum Gasteiger partial charge on any atom is 0.227 e. The van der Waals surface area contributed by atoms with E-state index in [4.69, 9.17) is 0 Å². The highest BCUT2D eigenvalue weighted by atomic mass is 16.3. The molecule has 2 aromatic rings. The predicted octanol–water partition coefficient (Wildman–Crippen LogP) is 2.22. The Labute approximate surface area is 154 Å². The highest BCUT2D eigenvalue weighted by Crippen LogP contribution is 2.23. The molecule has 0 bridgehead atoms. The highest BCUT2D eigenvalue weighted by Gasteiger charge is 2.25. The number of rotatable bonds is 5. The lowest BCUT2D eigenvalue weighted by molar-refractivity contribution is -0.131. The lowest BCUT2D eigenvalue weighted by Crippen LogP contribution is -2.40. The van der Waals surface area contributed by atoms with Crippen molar-refractivity contribution in [2.24, 2.45) is 0 Å². The summed E-state index contributed by atoms with van der Waals surface area (Å²) in [5.74, 6) is 0.200. The van der Waals surface area contributed by atoms with Gasteiger partial charge in [0.1, 0.15) is 0 Å². The van der Waals surface area contributed by atoms with Crippen LogP contribution in [0.25, 0.3) is 0 Å². The summed E-state index contributed by atoms with van der Waals surface area (Å²) in [5.41, 5.74) is 4.30. The van der Waals surface area contributed by atoms with Crippen molar-refractivity contribution in [1.82, 2.24) is 19.9 Å². The first-order valence-corrected chi connectivity index (χ1v) is 9.35. The number of amides is 1. The molecule has 6 nitrogen and oxygen atoms in total. The van der Waals surface area contributed by atoms with E-state index in [1.54, 1.807) is 6.92 Å². The summed E-state index contributed by atoms with van der Waals surface area (Å²) in [5, 5.41) is 17.8. The van der Waals surface area contributed by atoms with Gasteiger partial charge in [0.05, 0.1) is 24.3 Å². The second kappa shape index (κ2) is 7.99. The number of carbonyl (C=O) groups is 1. The fourth-order valence-electron chi connectivity index (χ4n) is 3.53. The minimum Gasteiger partial charge on any atom is -0.393 e. The molecule has 0 aliphatic carbocycles. The van der Waals surface area contributed by atoms with E-state index in [9.17, 15) is 9.90 Å². The van der Waals surface area contributed by atoms with Crippen LogP contribution in [-0.2, 0) is 17.6 Å². The van der Waals surface area contributed by atoms with Crippen molar-refractivity contribution in [1.29, 1.82) is 0 Å². The second-order valence-electron chi connectivity index (χ2n) is 7.46. The molecule has 0 saturated carbocycles. The third-order valence-electron chi connectivity index (χ3n) is 5.10. The minimum absolute atomic E-state index is 0.200. The maximum absolute atomic E-state index is 12.7. The van der Waals surface area contributed by atoms with Gasteiger partial charge < -0.3 is 10.0 Å². The number of aryl methyl sites for hydroxylation is 2. The third-order valence-corrected chi connectivity index (χ3v) is 5.10. The van der Waals surface area contributed by atoms with E-state index < -0.39 is 6.10 Å². The fourth-order valence-corrected chi connectivity index (χ4v) is 3.53. The maximum atomic E-state index is 12.7. The fraction of sp³-hybridized carbons (Fsp3) is 0.550. The van der Waals surface area contributed by atoms with Crippen LogP contribution in [0.4, 0.5) is 0 Å². The number of aliphatic hydroxyl groups is 1. The molecule has 1 amide bonds. The van der Waals surface area contributed by atoms with Crippen molar-refractivity contribution in [3.63, 3.8) is 0 Å². The summed E-state index contributed by atoms with van der Waals surface area (Å²) < 4.78 is 1.89. The zero-order valence-corrected chi connectivity index (χ0v) is 15.9. The van der Waals surface area contributed by atoms with Gasteiger partial charge in [0.2, 0.25) is 5.91 Å². The van der Waals surface area contributed by atoms with E-state index in [0.717, 1.165) is 37.2 Å². The van der Waals surface area contributed by atoms with Crippen LogP contribution in [-0.4, -0.2) is 50.1 Å². The van der Waals surface area contributed by atoms with E-state index >= 15 is 0 Å². The molecule has 2 heterocycles. The van der Waals surface area contributed by atoms with Crippen molar-refractivity contribution in [3.8, 4) is 0 Å². The molecule has 1 N–H and O–H groups in total. The number of benzene rings is 1. The smallest absolute Gasteiger partial charge is 0.227 e. The first-order valence-electron chi connectivity index (χ1n) is 9.35. The molecule has 1 unspecified atom stereocenters. The van der Waals surface area contributed by atoms with E-state index in [1.165, 1.54) is 11.1 Å². The van der Waals surface area contributed by atoms with Crippen molar-refractivity contribution >= 4 is 5.91 Å². The lowest BCUT2D eigenvalue weighted by Gasteiger charge is -2.32. The number of hydrogen-bond acceptors (Lipinski definition) is 4. The number of nitrogens with zero attached hydrogens (tertiary/aromatic N) is 4. The minimum atomic E-state index is -0.412. The third kappa shape index (κ3) is 4.49. The predicted molar refractivity (Wildman–Crippen MR) is 99.9 cm³/mol. The average molecular weight is 356 g/mol. The summed E-state index contributed by atoms with van der Waals surface area (Å²) in [6.45, 7) is 7.37. The SMILES string of the molecule is Cc1ccc(C)c(CC(=O)N2CCC(n3cc(CC(C)O)nn3)CC2)c1. The van der Waals surface area contributed by atoms with E-state index in [-0.39, 0.29) is 11.9 Å². The van der Waals surface area contributed by atoms with Gasteiger partial charge in [-0.1, -0.05) is 29.0 Å². The quantitative estimate of drug-likeness (QED) is 0.892. The van der Waals surface area contributed by atoms with Gasteiger partial charge in [0.25, 0.3) is 0 Å². The molecule has 6 heteroatoms. The van der Waals surface area contributed by atoms with Crippen LogP contribution in [0.2, 0.25) is 0 Å². The topological polar surface area (TPSA) is 71.2 Å². The summed E-state index contributed by atoms with van der Waals surface area (Å²) in [6.07, 6.45) is 4.27. The van der Waals surface area contributed by atoms with Crippen molar-refractivity contribution in [2.75, 3.05) is 13.1 Å². The molecule has 1 aliphatic heterocycles. The van der Waals surface area contributed by atoms with E-state index in [1.807, 2.05) is 15.8 Å². The van der Waals surface area contributed by atoms with Gasteiger partial charge in [-0.15, -0.1) is 5.10 Å². The summed E-state index contributed by atoms with van der Waals surface area (Å²) >= 11 is 0. The molecule has 1 saturated heterocycles. The summed E-state index contributed by atoms with van der Waals surface area (Å²) in [6, 6.07) is 6.55. The molecule has 26 heavy (non-hydrogen) atoms. The van der Waals surface area contributed by atoms with Gasteiger partial charge in [-0.25, -0.2) is 4.68 Å². The molecule has 3 rings (SSSR count). The molecule has 1 atom stereocenters. The Morgan fingerprint density at radius 3 is 2.73 bits per heavy atom. The second-order valence-corrected chi connectivity index (χ2v) is 7.46. The van der Waals surface area contributed by atoms with Crippen LogP contribution in [0.15, 0.2) is 24.4 Å². The van der Waals surface area contributed by atoms with Gasteiger partial charge in [-0.05, 0) is 44.7 Å². The molecular formula is C20H28N4O2. The molecule has 140 valence electrons. The number of aromatic nitrogens is 3. The number of likely N-dealkylation sites (tertiary alicyclic amines) is 1. The lowest BCUT2D eigenvalue weighted by atomic mass is 10.0. The van der Waals surface area contributed by atoms with Crippen LogP contribution >= 0.6 is 0 Å². The van der Waals surface area contributed by atoms with Gasteiger partial charge in [-0.3, -0.25) is 4.79 Å². The number of carbonyl (C=O) groups excluding carboxylic acids is 1. The Bertz CT molecular complexity index is 761. The first kappa shape index (κ1) is 18.6. The summed E-state index contributed by atoms with van der Waals surface area (Å²) in [7, 11) is 0.